The molecular weight excluding hydrogens is 298 g/mol. The van der Waals surface area contributed by atoms with E-state index in [-0.39, 0.29) is 0 Å². The van der Waals surface area contributed by atoms with Crippen LogP contribution < -0.4 is 11.5 Å². The summed E-state index contributed by atoms with van der Waals surface area (Å²) in [6.07, 6.45) is 4.11. The summed E-state index contributed by atoms with van der Waals surface area (Å²) in [6.45, 7) is 7.79. The van der Waals surface area contributed by atoms with Gasteiger partial charge in [0.15, 0.2) is 5.82 Å². The van der Waals surface area contributed by atoms with Gasteiger partial charge in [0.1, 0.15) is 5.52 Å². The van der Waals surface area contributed by atoms with Gasteiger partial charge < -0.3 is 11.5 Å². The Morgan fingerprint density at radius 3 is 2.58 bits per heavy atom. The Labute approximate surface area is 144 Å². The number of anilines is 1. The minimum absolute atomic E-state index is 0.517. The zero-order valence-electron chi connectivity index (χ0n) is 15.0. The molecule has 1 aromatic carbocycles. The minimum atomic E-state index is 0.517. The molecule has 24 heavy (non-hydrogen) atoms. The highest BCUT2D eigenvalue weighted by atomic mass is 15.3. The molecule has 5 nitrogen and oxygen atoms in total. The average Bonchev–Trinajstić information content (AvgIpc) is 2.97. The summed E-state index contributed by atoms with van der Waals surface area (Å²) in [6, 6.07) is 8.14. The van der Waals surface area contributed by atoms with E-state index in [4.69, 9.17) is 16.6 Å². The summed E-state index contributed by atoms with van der Waals surface area (Å²) in [5.41, 5.74) is 14.8. The normalized spacial score (nSPS) is 10.8. The van der Waals surface area contributed by atoms with Crippen LogP contribution in [0.15, 0.2) is 24.3 Å². The van der Waals surface area contributed by atoms with E-state index in [1.807, 2.05) is 32.0 Å². The van der Waals surface area contributed by atoms with Crippen LogP contribution in [0, 0.1) is 0 Å². The molecule has 0 fully saturated rings. The van der Waals surface area contributed by atoms with Gasteiger partial charge in [-0.2, -0.15) is 5.10 Å². The van der Waals surface area contributed by atoms with Gasteiger partial charge >= 0.3 is 0 Å². The van der Waals surface area contributed by atoms with Crippen molar-refractivity contribution in [3.8, 4) is 0 Å². The van der Waals surface area contributed by atoms with E-state index >= 15 is 0 Å². The van der Waals surface area contributed by atoms with E-state index in [1.165, 1.54) is 5.69 Å². The van der Waals surface area contributed by atoms with Crippen LogP contribution in [-0.4, -0.2) is 21.3 Å². The van der Waals surface area contributed by atoms with Crippen LogP contribution in [0.2, 0.25) is 0 Å². The molecule has 0 bridgehead atoms. The summed E-state index contributed by atoms with van der Waals surface area (Å²) in [5, 5.41) is 7.03. The lowest BCUT2D eigenvalue weighted by Crippen LogP contribution is -2.06. The first kappa shape index (κ1) is 18.2. The van der Waals surface area contributed by atoms with E-state index in [9.17, 15) is 0 Å². The lowest BCUT2D eigenvalue weighted by atomic mass is 10.1. The summed E-state index contributed by atoms with van der Waals surface area (Å²) in [4.78, 5) is 4.50. The second kappa shape index (κ2) is 8.64. The topological polar surface area (TPSA) is 82.8 Å². The maximum absolute atomic E-state index is 6.15. The first-order valence-electron chi connectivity index (χ1n) is 9.00. The highest BCUT2D eigenvalue weighted by molar-refractivity contribution is 6.09. The Morgan fingerprint density at radius 1 is 1.12 bits per heavy atom. The molecular formula is C19H29N5. The van der Waals surface area contributed by atoms with Crippen LogP contribution in [-0.2, 0) is 13.0 Å². The summed E-state index contributed by atoms with van der Waals surface area (Å²) in [7, 11) is 0. The van der Waals surface area contributed by atoms with Crippen molar-refractivity contribution >= 4 is 27.6 Å². The molecule has 0 saturated carbocycles. The van der Waals surface area contributed by atoms with Crippen molar-refractivity contribution in [3.05, 3.63) is 30.0 Å². The van der Waals surface area contributed by atoms with Crippen LogP contribution in [0.3, 0.4) is 0 Å². The van der Waals surface area contributed by atoms with Crippen molar-refractivity contribution in [1.82, 2.24) is 14.8 Å². The van der Waals surface area contributed by atoms with Gasteiger partial charge in [-0.3, -0.25) is 4.68 Å². The van der Waals surface area contributed by atoms with Gasteiger partial charge in [-0.05, 0) is 38.3 Å². The third kappa shape index (κ3) is 3.51. The van der Waals surface area contributed by atoms with Gasteiger partial charge in [-0.1, -0.05) is 39.0 Å². The molecule has 0 radical (unpaired) electrons. The zero-order chi connectivity index (χ0) is 17.5. The first-order chi connectivity index (χ1) is 11.8. The molecule has 0 aliphatic rings. The van der Waals surface area contributed by atoms with Crippen LogP contribution in [0.25, 0.3) is 21.8 Å². The molecule has 0 saturated heterocycles. The first-order valence-corrected chi connectivity index (χ1v) is 9.00. The Kier molecular flexibility index (Phi) is 6.55. The molecule has 0 aliphatic carbocycles. The molecule has 0 spiro atoms. The number of para-hydroxylation sites is 1. The summed E-state index contributed by atoms with van der Waals surface area (Å²) in [5.74, 6) is 0.517. The lowest BCUT2D eigenvalue weighted by molar-refractivity contribution is 0.569. The van der Waals surface area contributed by atoms with E-state index in [0.717, 1.165) is 60.6 Å². The number of pyridine rings is 1. The number of benzene rings is 1. The SMILES string of the molecule is CC.CCCn1nc2c(N)nc3ccccc3c2c1CCCCN. The zero-order valence-corrected chi connectivity index (χ0v) is 15.0. The summed E-state index contributed by atoms with van der Waals surface area (Å²) < 4.78 is 2.10. The maximum atomic E-state index is 6.15. The van der Waals surface area contributed by atoms with Crippen molar-refractivity contribution < 1.29 is 0 Å². The quantitative estimate of drug-likeness (QED) is 0.673. The van der Waals surface area contributed by atoms with Crippen molar-refractivity contribution in [2.75, 3.05) is 12.3 Å². The number of nitrogens with two attached hydrogens (primary N) is 2. The monoisotopic (exact) mass is 327 g/mol. The van der Waals surface area contributed by atoms with Crippen molar-refractivity contribution in [3.63, 3.8) is 0 Å². The number of unbranched alkanes of at least 4 members (excludes halogenated alkanes) is 1. The highest BCUT2D eigenvalue weighted by Crippen LogP contribution is 2.31. The maximum Gasteiger partial charge on any atom is 0.152 e. The number of aryl methyl sites for hydroxylation is 2. The van der Waals surface area contributed by atoms with Gasteiger partial charge in [-0.25, -0.2) is 4.98 Å². The smallest absolute Gasteiger partial charge is 0.152 e. The predicted molar refractivity (Wildman–Crippen MR) is 103 cm³/mol. The fourth-order valence-electron chi connectivity index (χ4n) is 3.01. The third-order valence-electron chi connectivity index (χ3n) is 4.02. The highest BCUT2D eigenvalue weighted by Gasteiger charge is 2.16. The Hall–Kier alpha value is -2.14. The van der Waals surface area contributed by atoms with Crippen LogP contribution in [0.1, 0.15) is 45.7 Å². The second-order valence-corrected chi connectivity index (χ2v) is 5.65. The number of nitrogens with zero attached hydrogens (tertiary/aromatic N) is 3. The standard InChI is InChI=1S/C17H23N5.C2H6/c1-2-11-22-14(9-5-6-10-18)15-12-7-3-4-8-13(12)20-17(19)16(15)21-22;1-2/h3-4,7-8H,2,5-6,9-11,18H2,1H3,(H2,19,20);1-2H3. The fourth-order valence-corrected chi connectivity index (χ4v) is 3.01. The summed E-state index contributed by atoms with van der Waals surface area (Å²) >= 11 is 0. The second-order valence-electron chi connectivity index (χ2n) is 5.65. The van der Waals surface area contributed by atoms with Gasteiger partial charge in [0.25, 0.3) is 0 Å². The molecule has 0 atom stereocenters. The van der Waals surface area contributed by atoms with Gasteiger partial charge in [0.2, 0.25) is 0 Å². The van der Waals surface area contributed by atoms with E-state index in [1.54, 1.807) is 0 Å². The van der Waals surface area contributed by atoms with Gasteiger partial charge in [0.05, 0.1) is 5.52 Å². The van der Waals surface area contributed by atoms with E-state index < -0.39 is 0 Å². The number of hydrogen-bond donors (Lipinski definition) is 2. The largest absolute Gasteiger partial charge is 0.382 e. The fraction of sp³-hybridized carbons (Fsp3) is 0.474. The van der Waals surface area contributed by atoms with Crippen molar-refractivity contribution in [1.29, 1.82) is 0 Å². The molecule has 130 valence electrons. The molecule has 0 amide bonds. The van der Waals surface area contributed by atoms with Crippen molar-refractivity contribution in [2.45, 2.75) is 53.0 Å². The molecule has 3 aromatic rings. The van der Waals surface area contributed by atoms with Crippen molar-refractivity contribution in [2.24, 2.45) is 5.73 Å². The van der Waals surface area contributed by atoms with Crippen LogP contribution in [0.5, 0.6) is 0 Å². The molecule has 0 unspecified atom stereocenters. The Morgan fingerprint density at radius 2 is 1.88 bits per heavy atom. The minimum Gasteiger partial charge on any atom is -0.382 e. The van der Waals surface area contributed by atoms with Gasteiger partial charge in [-0.15, -0.1) is 0 Å². The number of rotatable bonds is 6. The average molecular weight is 327 g/mol. The Balaban J connectivity index is 0.00000100. The third-order valence-corrected chi connectivity index (χ3v) is 4.02. The van der Waals surface area contributed by atoms with Crippen LogP contribution in [0.4, 0.5) is 5.82 Å². The van der Waals surface area contributed by atoms with Gasteiger partial charge in [0, 0.05) is 23.0 Å². The lowest BCUT2D eigenvalue weighted by Gasteiger charge is -2.07. The predicted octanol–water partition coefficient (Wildman–Crippen LogP) is 3.88. The number of hydrogen-bond acceptors (Lipinski definition) is 4. The molecule has 5 heteroatoms. The van der Waals surface area contributed by atoms with E-state index in [0.29, 0.717) is 5.82 Å². The molecule has 0 aliphatic heterocycles. The number of aromatic nitrogens is 3. The van der Waals surface area contributed by atoms with E-state index in [2.05, 4.69) is 22.7 Å². The number of nitrogen functional groups attached to an aromatic ring is 1. The molecule has 3 rings (SSSR count). The molecule has 4 N–H and O–H groups in total. The van der Waals surface area contributed by atoms with Crippen LogP contribution >= 0.6 is 0 Å². The Bertz CT molecular complexity index is 791. The number of fused-ring (bicyclic) bond motifs is 3. The molecule has 2 aromatic heterocycles. The molecule has 2 heterocycles.